The van der Waals surface area contributed by atoms with Crippen molar-refractivity contribution in [2.24, 2.45) is 11.8 Å². The number of hydrogen-bond donors (Lipinski definition) is 1. The maximum absolute atomic E-state index is 15.6. The molecule has 5 aliphatic rings. The molecule has 0 aromatic heterocycles. The number of hydrogen-bond acceptors (Lipinski definition) is 5. The van der Waals surface area contributed by atoms with Gasteiger partial charge >= 0.3 is 0 Å². The fourth-order valence-corrected chi connectivity index (χ4v) is 6.50. The normalized spacial score (nSPS) is 30.6. The summed E-state index contributed by atoms with van der Waals surface area (Å²) >= 11 is 0. The molecule has 3 amide bonds. The Hall–Kier alpha value is -2.48. The molecule has 1 aromatic rings. The predicted octanol–water partition coefficient (Wildman–Crippen LogP) is 3.01. The van der Waals surface area contributed by atoms with Gasteiger partial charge in [-0.3, -0.25) is 24.6 Å². The summed E-state index contributed by atoms with van der Waals surface area (Å²) in [6, 6.07) is 2.76. The van der Waals surface area contributed by atoms with E-state index >= 15 is 4.39 Å². The van der Waals surface area contributed by atoms with Crippen molar-refractivity contribution in [3.8, 4) is 5.75 Å². The number of benzene rings is 1. The van der Waals surface area contributed by atoms with Gasteiger partial charge in [0.15, 0.2) is 11.6 Å². The first-order chi connectivity index (χ1) is 16.5. The molecule has 1 N–H and O–H groups in total. The summed E-state index contributed by atoms with van der Waals surface area (Å²) in [6.07, 6.45) is 8.75. The summed E-state index contributed by atoms with van der Waals surface area (Å²) < 4.78 is 21.9. The molecule has 0 spiro atoms. The lowest BCUT2D eigenvalue weighted by Crippen LogP contribution is -2.60. The van der Waals surface area contributed by atoms with Crippen molar-refractivity contribution >= 4 is 17.7 Å². The summed E-state index contributed by atoms with van der Waals surface area (Å²) in [5, 5.41) is 2.28. The number of imide groups is 1. The lowest BCUT2D eigenvalue weighted by Gasteiger charge is -2.52. The third-order valence-corrected chi connectivity index (χ3v) is 8.78. The molecule has 1 aromatic carbocycles. The van der Waals surface area contributed by atoms with Crippen molar-refractivity contribution < 1.29 is 23.5 Å². The molecule has 3 aliphatic heterocycles. The van der Waals surface area contributed by atoms with Gasteiger partial charge in [-0.15, -0.1) is 0 Å². The smallest absolute Gasteiger partial charge is 0.255 e. The maximum atomic E-state index is 15.6. The number of ether oxygens (including phenoxy) is 1. The Kier molecular flexibility index (Phi) is 5.59. The summed E-state index contributed by atoms with van der Waals surface area (Å²) in [6.45, 7) is 2.29. The molecule has 3 atom stereocenters. The van der Waals surface area contributed by atoms with Crippen LogP contribution in [0, 0.1) is 17.7 Å². The van der Waals surface area contributed by atoms with Crippen molar-refractivity contribution in [2.75, 3.05) is 13.1 Å². The third-order valence-electron chi connectivity index (χ3n) is 8.78. The van der Waals surface area contributed by atoms with Crippen LogP contribution in [0.25, 0.3) is 0 Å². The highest BCUT2D eigenvalue weighted by molar-refractivity contribution is 6.05. The average molecular weight is 470 g/mol. The third kappa shape index (κ3) is 3.70. The van der Waals surface area contributed by atoms with Gasteiger partial charge in [-0.25, -0.2) is 4.39 Å². The second-order valence-electron chi connectivity index (χ2n) is 10.7. The molecule has 2 saturated heterocycles. The maximum Gasteiger partial charge on any atom is 0.255 e. The largest absolute Gasteiger partial charge is 0.486 e. The van der Waals surface area contributed by atoms with Crippen molar-refractivity contribution in [1.82, 2.24) is 15.1 Å². The van der Waals surface area contributed by atoms with Crippen LogP contribution in [0.2, 0.25) is 0 Å². The highest BCUT2D eigenvalue weighted by atomic mass is 19.1. The Labute approximate surface area is 199 Å². The molecule has 34 heavy (non-hydrogen) atoms. The summed E-state index contributed by atoms with van der Waals surface area (Å²) in [5.74, 6) is 0.221. The van der Waals surface area contributed by atoms with E-state index in [1.54, 1.807) is 12.1 Å². The lowest BCUT2D eigenvalue weighted by molar-refractivity contribution is -0.136. The van der Waals surface area contributed by atoms with Crippen LogP contribution in [0.5, 0.6) is 5.75 Å². The van der Waals surface area contributed by atoms with Gasteiger partial charge in [0.2, 0.25) is 11.8 Å². The van der Waals surface area contributed by atoms with Crippen LogP contribution in [0.4, 0.5) is 4.39 Å². The first kappa shape index (κ1) is 22.0. The number of nitrogens with one attached hydrogen (secondary N) is 1. The van der Waals surface area contributed by atoms with Crippen LogP contribution < -0.4 is 10.1 Å². The molecular formula is C26H32FN3O4. The Morgan fingerprint density at radius 1 is 0.941 bits per heavy atom. The molecule has 2 saturated carbocycles. The minimum atomic E-state index is -0.751. The molecule has 4 fully saturated rings. The number of likely N-dealkylation sites (tertiary alicyclic amines) is 1. The van der Waals surface area contributed by atoms with Gasteiger partial charge in [-0.2, -0.15) is 0 Å². The van der Waals surface area contributed by atoms with E-state index in [-0.39, 0.29) is 54.2 Å². The van der Waals surface area contributed by atoms with Crippen molar-refractivity contribution in [1.29, 1.82) is 0 Å². The van der Waals surface area contributed by atoms with E-state index in [9.17, 15) is 14.4 Å². The van der Waals surface area contributed by atoms with Crippen molar-refractivity contribution in [3.05, 3.63) is 29.1 Å². The summed E-state index contributed by atoms with van der Waals surface area (Å²) in [4.78, 5) is 40.6. The van der Waals surface area contributed by atoms with Gasteiger partial charge in [0, 0.05) is 36.7 Å². The highest BCUT2D eigenvalue weighted by Crippen LogP contribution is 2.41. The Bertz CT molecular complexity index is 1020. The van der Waals surface area contributed by atoms with E-state index in [1.165, 1.54) is 30.6 Å². The van der Waals surface area contributed by atoms with E-state index in [1.807, 2.05) is 0 Å². The van der Waals surface area contributed by atoms with Gasteiger partial charge in [0.05, 0.1) is 6.54 Å². The number of rotatable bonds is 5. The second kappa shape index (κ2) is 8.63. The average Bonchev–Trinajstić information content (AvgIpc) is 3.09. The second-order valence-corrected chi connectivity index (χ2v) is 10.7. The van der Waals surface area contributed by atoms with Crippen LogP contribution in [-0.4, -0.2) is 58.8 Å². The highest BCUT2D eigenvalue weighted by Gasteiger charge is 2.44. The molecule has 182 valence electrons. The zero-order valence-corrected chi connectivity index (χ0v) is 19.4. The standard InChI is InChI=1S/C26H32FN3O4/c27-24-18-14-30(20-9-11-23(31)28-25(20)32)26(33)17(18)8-10-22(24)34-21-7-2-1-6-19(21)29-12-16(13-29)15-4-3-5-15/h8,10,15-16,19-21H,1-7,9,11-14H2,(H,28,31,32)/t19-,20?,21+/m1/s1. The summed E-state index contributed by atoms with van der Waals surface area (Å²) in [5.41, 5.74) is 0.564. The minimum absolute atomic E-state index is 0.0206. The first-order valence-electron chi connectivity index (χ1n) is 12.9. The van der Waals surface area contributed by atoms with Crippen LogP contribution >= 0.6 is 0 Å². The lowest BCUT2D eigenvalue weighted by atomic mass is 9.71. The fourth-order valence-electron chi connectivity index (χ4n) is 6.50. The Morgan fingerprint density at radius 3 is 2.47 bits per heavy atom. The van der Waals surface area contributed by atoms with Gasteiger partial charge in [0.1, 0.15) is 12.1 Å². The topological polar surface area (TPSA) is 79.0 Å². The SMILES string of the molecule is O=C1CCC(N2Cc3c(ccc(O[C@H]4CCCC[C@H]4N4CC(C5CCC5)C4)c3F)C2=O)C(=O)N1. The Morgan fingerprint density at radius 2 is 1.74 bits per heavy atom. The van der Waals surface area contributed by atoms with Gasteiger partial charge in [-0.1, -0.05) is 25.7 Å². The summed E-state index contributed by atoms with van der Waals surface area (Å²) in [7, 11) is 0. The van der Waals surface area contributed by atoms with Crippen LogP contribution in [0.1, 0.15) is 73.7 Å². The number of carbonyl (C=O) groups is 3. The quantitative estimate of drug-likeness (QED) is 0.671. The molecule has 2 aliphatic carbocycles. The van der Waals surface area contributed by atoms with Crippen LogP contribution in [0.3, 0.4) is 0 Å². The molecular weight excluding hydrogens is 437 g/mol. The molecule has 1 unspecified atom stereocenters. The molecule has 6 rings (SSSR count). The predicted molar refractivity (Wildman–Crippen MR) is 122 cm³/mol. The van der Waals surface area contributed by atoms with Crippen molar-refractivity contribution in [3.63, 3.8) is 0 Å². The molecule has 0 bridgehead atoms. The zero-order valence-electron chi connectivity index (χ0n) is 19.4. The number of piperidine rings is 1. The molecule has 7 nitrogen and oxygen atoms in total. The number of nitrogens with zero attached hydrogens (tertiary/aromatic N) is 2. The van der Waals surface area contributed by atoms with E-state index in [0.29, 0.717) is 6.04 Å². The Balaban J connectivity index is 1.16. The van der Waals surface area contributed by atoms with Gasteiger partial charge in [0.25, 0.3) is 5.91 Å². The molecule has 8 heteroatoms. The van der Waals surface area contributed by atoms with Crippen molar-refractivity contribution in [2.45, 2.75) is 82.5 Å². The molecule has 3 heterocycles. The molecule has 0 radical (unpaired) electrons. The van der Waals surface area contributed by atoms with E-state index < -0.39 is 17.8 Å². The van der Waals surface area contributed by atoms with Gasteiger partial charge in [-0.05, 0) is 49.7 Å². The fraction of sp³-hybridized carbons (Fsp3) is 0.654. The number of carbonyl (C=O) groups excluding carboxylic acids is 3. The van der Waals surface area contributed by atoms with E-state index in [4.69, 9.17) is 4.74 Å². The van der Waals surface area contributed by atoms with Crippen LogP contribution in [0.15, 0.2) is 12.1 Å². The zero-order chi connectivity index (χ0) is 23.4. The number of fused-ring (bicyclic) bond motifs is 1. The number of amides is 3. The van der Waals surface area contributed by atoms with Gasteiger partial charge < -0.3 is 9.64 Å². The number of halogens is 1. The first-order valence-corrected chi connectivity index (χ1v) is 12.9. The van der Waals surface area contributed by atoms with Crippen LogP contribution in [-0.2, 0) is 16.1 Å². The van der Waals surface area contributed by atoms with E-state index in [0.717, 1.165) is 44.2 Å². The van der Waals surface area contributed by atoms with E-state index in [2.05, 4.69) is 10.2 Å². The minimum Gasteiger partial charge on any atom is -0.486 e. The monoisotopic (exact) mass is 469 g/mol.